The van der Waals surface area contributed by atoms with E-state index in [1.54, 1.807) is 24.7 Å². The molecule has 1 aromatic carbocycles. The Morgan fingerprint density at radius 1 is 1.30 bits per heavy atom. The third-order valence-corrected chi connectivity index (χ3v) is 4.28. The van der Waals surface area contributed by atoms with E-state index in [1.807, 2.05) is 0 Å². The van der Waals surface area contributed by atoms with Crippen LogP contribution in [0.1, 0.15) is 17.7 Å². The van der Waals surface area contributed by atoms with E-state index >= 15 is 0 Å². The number of nitrogens with zero attached hydrogens (tertiary/aromatic N) is 2. The van der Waals surface area contributed by atoms with Crippen molar-refractivity contribution < 1.29 is 18.8 Å². The normalized spacial score (nSPS) is 16.5. The number of amides is 4. The summed E-state index contributed by atoms with van der Waals surface area (Å²) < 4.78 is 13.2. The quantitative estimate of drug-likeness (QED) is 0.594. The zero-order valence-electron chi connectivity index (χ0n) is 14.6. The third-order valence-electron chi connectivity index (χ3n) is 4.28. The van der Waals surface area contributed by atoms with Crippen LogP contribution in [-0.2, 0) is 22.4 Å². The van der Waals surface area contributed by atoms with Crippen LogP contribution >= 0.6 is 0 Å². The Bertz CT molecular complexity index is 824. The Kier molecular flexibility index (Phi) is 5.80. The topological polar surface area (TPSA) is 107 Å². The fourth-order valence-corrected chi connectivity index (χ4v) is 2.88. The van der Waals surface area contributed by atoms with Gasteiger partial charge in [0.2, 0.25) is 5.91 Å². The fourth-order valence-electron chi connectivity index (χ4n) is 2.88. The molecule has 1 saturated heterocycles. The van der Waals surface area contributed by atoms with Crippen molar-refractivity contribution in [3.05, 3.63) is 53.9 Å². The summed E-state index contributed by atoms with van der Waals surface area (Å²) in [6, 6.07) is 4.59. The summed E-state index contributed by atoms with van der Waals surface area (Å²) in [6.45, 7) is 0.533. The number of halogens is 1. The summed E-state index contributed by atoms with van der Waals surface area (Å²) in [5, 5.41) is 5.23. The lowest BCUT2D eigenvalue weighted by Gasteiger charge is -2.13. The number of aromatic amines is 1. The molecule has 2 heterocycles. The molecule has 0 saturated carbocycles. The number of H-pyrrole nitrogens is 1. The third kappa shape index (κ3) is 4.90. The molecule has 0 bridgehead atoms. The van der Waals surface area contributed by atoms with Crippen LogP contribution in [0, 0.1) is 5.82 Å². The summed E-state index contributed by atoms with van der Waals surface area (Å²) in [4.78, 5) is 44.3. The number of benzene rings is 1. The largest absolute Gasteiger partial charge is 0.356 e. The molecule has 1 aliphatic heterocycles. The van der Waals surface area contributed by atoms with Gasteiger partial charge in [-0.2, -0.15) is 0 Å². The number of rotatable bonds is 8. The maximum absolute atomic E-state index is 13.2. The monoisotopic (exact) mass is 373 g/mol. The summed E-state index contributed by atoms with van der Waals surface area (Å²) in [7, 11) is 0. The molecule has 0 radical (unpaired) electrons. The molecule has 0 spiro atoms. The number of urea groups is 1. The van der Waals surface area contributed by atoms with Crippen molar-refractivity contribution in [3.8, 4) is 0 Å². The maximum Gasteiger partial charge on any atom is 0.324 e. The number of nitrogens with one attached hydrogen (secondary N) is 3. The van der Waals surface area contributed by atoms with Gasteiger partial charge >= 0.3 is 6.03 Å². The second kappa shape index (κ2) is 8.43. The smallest absolute Gasteiger partial charge is 0.324 e. The van der Waals surface area contributed by atoms with Crippen LogP contribution in [0.15, 0.2) is 36.8 Å². The molecule has 3 N–H and O–H groups in total. The minimum atomic E-state index is -0.878. The molecule has 8 nitrogen and oxygen atoms in total. The fraction of sp³-hybridized carbons (Fsp3) is 0.333. The summed E-state index contributed by atoms with van der Waals surface area (Å²) >= 11 is 0. The van der Waals surface area contributed by atoms with Gasteiger partial charge in [-0.3, -0.25) is 14.5 Å². The number of imide groups is 1. The maximum atomic E-state index is 13.2. The average Bonchev–Trinajstić information content (AvgIpc) is 3.23. The number of aromatic nitrogens is 2. The first kappa shape index (κ1) is 18.6. The van der Waals surface area contributed by atoms with Crippen molar-refractivity contribution >= 4 is 17.8 Å². The van der Waals surface area contributed by atoms with Crippen LogP contribution in [0.5, 0.6) is 0 Å². The van der Waals surface area contributed by atoms with Crippen LogP contribution in [0.25, 0.3) is 0 Å². The SMILES string of the molecule is O=C(C[C@H]1NC(=O)N(CCc2cccc(F)c2)C1=O)NCCc1cnc[nH]1. The van der Waals surface area contributed by atoms with Gasteiger partial charge in [0, 0.05) is 31.4 Å². The molecule has 1 aliphatic rings. The molecule has 1 aromatic heterocycles. The van der Waals surface area contributed by atoms with Gasteiger partial charge in [0.1, 0.15) is 11.9 Å². The summed E-state index contributed by atoms with van der Waals surface area (Å²) in [5.41, 5.74) is 1.58. The Morgan fingerprint density at radius 3 is 2.89 bits per heavy atom. The van der Waals surface area contributed by atoms with Gasteiger partial charge in [0.15, 0.2) is 0 Å². The first-order valence-corrected chi connectivity index (χ1v) is 8.63. The van der Waals surface area contributed by atoms with Gasteiger partial charge in [-0.25, -0.2) is 14.2 Å². The van der Waals surface area contributed by atoms with Crippen molar-refractivity contribution in [1.82, 2.24) is 25.5 Å². The molecule has 1 atom stereocenters. The van der Waals surface area contributed by atoms with Gasteiger partial charge in [-0.1, -0.05) is 12.1 Å². The Labute approximate surface area is 155 Å². The van der Waals surface area contributed by atoms with Gasteiger partial charge in [-0.05, 0) is 24.1 Å². The van der Waals surface area contributed by atoms with Crippen molar-refractivity contribution in [2.45, 2.75) is 25.3 Å². The second-order valence-corrected chi connectivity index (χ2v) is 6.25. The molecular weight excluding hydrogens is 353 g/mol. The first-order valence-electron chi connectivity index (χ1n) is 8.63. The van der Waals surface area contributed by atoms with Gasteiger partial charge in [0.25, 0.3) is 5.91 Å². The molecule has 1 fully saturated rings. The van der Waals surface area contributed by atoms with E-state index in [0.717, 1.165) is 10.6 Å². The molecule has 9 heteroatoms. The van der Waals surface area contributed by atoms with Crippen LogP contribution < -0.4 is 10.6 Å². The first-order chi connectivity index (χ1) is 13.0. The predicted octanol–water partition coefficient (Wildman–Crippen LogP) is 0.761. The standard InChI is InChI=1S/C18H20FN5O3/c19-13-3-1-2-12(8-13)5-7-24-17(26)15(23-18(24)27)9-16(25)21-6-4-14-10-20-11-22-14/h1-3,8,10-11,15H,4-7,9H2,(H,20,22)(H,21,25)(H,23,27)/t15-/m1/s1. The lowest BCUT2D eigenvalue weighted by atomic mass is 10.1. The molecule has 27 heavy (non-hydrogen) atoms. The van der Waals surface area contributed by atoms with Crippen molar-refractivity contribution in [3.63, 3.8) is 0 Å². The van der Waals surface area contributed by atoms with E-state index in [1.165, 1.54) is 12.1 Å². The Morgan fingerprint density at radius 2 is 2.15 bits per heavy atom. The van der Waals surface area contributed by atoms with Crippen molar-refractivity contribution in [1.29, 1.82) is 0 Å². The number of imidazole rings is 1. The lowest BCUT2D eigenvalue weighted by molar-refractivity contribution is -0.130. The van der Waals surface area contributed by atoms with Crippen LogP contribution in [0.3, 0.4) is 0 Å². The number of carbonyl (C=O) groups excluding carboxylic acids is 3. The predicted molar refractivity (Wildman–Crippen MR) is 94.1 cm³/mol. The van der Waals surface area contributed by atoms with Crippen molar-refractivity contribution in [2.24, 2.45) is 0 Å². The molecule has 0 aliphatic carbocycles. The zero-order valence-corrected chi connectivity index (χ0v) is 14.6. The van der Waals surface area contributed by atoms with Crippen LogP contribution in [0.4, 0.5) is 9.18 Å². The molecule has 142 valence electrons. The Balaban J connectivity index is 1.45. The minimum absolute atomic E-state index is 0.121. The number of carbonyl (C=O) groups is 3. The molecule has 4 amide bonds. The lowest BCUT2D eigenvalue weighted by Crippen LogP contribution is -2.37. The van der Waals surface area contributed by atoms with Gasteiger partial charge in [-0.15, -0.1) is 0 Å². The average molecular weight is 373 g/mol. The van der Waals surface area contributed by atoms with E-state index < -0.39 is 18.0 Å². The molecule has 0 unspecified atom stereocenters. The van der Waals surface area contributed by atoms with Gasteiger partial charge in [0.05, 0.1) is 12.7 Å². The molecule has 2 aromatic rings. The molecular formula is C18H20FN5O3. The van der Waals surface area contributed by atoms with Gasteiger partial charge < -0.3 is 15.6 Å². The highest BCUT2D eigenvalue weighted by molar-refractivity contribution is 6.05. The zero-order chi connectivity index (χ0) is 19.2. The minimum Gasteiger partial charge on any atom is -0.356 e. The number of hydrogen-bond donors (Lipinski definition) is 3. The highest BCUT2D eigenvalue weighted by Crippen LogP contribution is 2.12. The van der Waals surface area contributed by atoms with Crippen molar-refractivity contribution in [2.75, 3.05) is 13.1 Å². The summed E-state index contributed by atoms with van der Waals surface area (Å²) in [6.07, 6.45) is 4.05. The van der Waals surface area contributed by atoms with E-state index in [-0.39, 0.29) is 24.7 Å². The highest BCUT2D eigenvalue weighted by Gasteiger charge is 2.38. The summed E-state index contributed by atoms with van der Waals surface area (Å²) in [5.74, 6) is -1.13. The second-order valence-electron chi connectivity index (χ2n) is 6.25. The highest BCUT2D eigenvalue weighted by atomic mass is 19.1. The van der Waals surface area contributed by atoms with Crippen LogP contribution in [-0.4, -0.2) is 51.8 Å². The number of hydrogen-bond acceptors (Lipinski definition) is 4. The van der Waals surface area contributed by atoms with E-state index in [4.69, 9.17) is 0 Å². The Hall–Kier alpha value is -3.23. The molecule has 3 rings (SSSR count). The van der Waals surface area contributed by atoms with E-state index in [9.17, 15) is 18.8 Å². The van der Waals surface area contributed by atoms with Crippen LogP contribution in [0.2, 0.25) is 0 Å². The van der Waals surface area contributed by atoms with E-state index in [0.29, 0.717) is 24.9 Å². The van der Waals surface area contributed by atoms with E-state index in [2.05, 4.69) is 20.6 Å².